The maximum atomic E-state index is 13.7. The molecule has 0 aliphatic heterocycles. The molecule has 12 heteroatoms. The van der Waals surface area contributed by atoms with Gasteiger partial charge in [-0.1, -0.05) is 60.7 Å². The summed E-state index contributed by atoms with van der Waals surface area (Å²) < 4.78 is 15.5. The van der Waals surface area contributed by atoms with Crippen LogP contribution in [0.1, 0.15) is 51.7 Å². The first-order valence-corrected chi connectivity index (χ1v) is 14.1. The van der Waals surface area contributed by atoms with Crippen LogP contribution in [0.25, 0.3) is 0 Å². The highest BCUT2D eigenvalue weighted by molar-refractivity contribution is 6.08. The molecule has 3 amide bonds. The van der Waals surface area contributed by atoms with E-state index in [0.29, 0.717) is 11.1 Å². The Morgan fingerprint density at radius 2 is 1.47 bits per heavy atom. The SMILES string of the molecule is CCOC(=O)CNC(=O)[C@H](CCCNC(=O)OC(C)(C)C)NC(=O)[C@@](N)(Cc1ccccc1)C(=O)OCc1ccccc1. The molecule has 2 aromatic carbocycles. The Balaban J connectivity index is 2.20. The number of hydrogen-bond donors (Lipinski definition) is 4. The molecule has 5 N–H and O–H groups in total. The number of carbonyl (C=O) groups excluding carboxylic acids is 5. The summed E-state index contributed by atoms with van der Waals surface area (Å²) in [6.07, 6.45) is -0.558. The molecule has 0 saturated carbocycles. The lowest BCUT2D eigenvalue weighted by Gasteiger charge is -2.29. The quantitative estimate of drug-likeness (QED) is 0.104. The van der Waals surface area contributed by atoms with Gasteiger partial charge in [0.2, 0.25) is 5.91 Å². The molecule has 43 heavy (non-hydrogen) atoms. The van der Waals surface area contributed by atoms with Crippen LogP contribution in [0.4, 0.5) is 4.79 Å². The largest absolute Gasteiger partial charge is 0.465 e. The second kappa shape index (κ2) is 16.9. The van der Waals surface area contributed by atoms with Crippen LogP contribution >= 0.6 is 0 Å². The molecule has 0 radical (unpaired) electrons. The van der Waals surface area contributed by atoms with Gasteiger partial charge in [0.05, 0.1) is 6.61 Å². The van der Waals surface area contributed by atoms with Gasteiger partial charge in [-0.2, -0.15) is 0 Å². The van der Waals surface area contributed by atoms with Crippen molar-refractivity contribution in [3.63, 3.8) is 0 Å². The molecule has 2 atom stereocenters. The third kappa shape index (κ3) is 12.5. The number of amides is 3. The van der Waals surface area contributed by atoms with Gasteiger partial charge >= 0.3 is 18.0 Å². The van der Waals surface area contributed by atoms with Gasteiger partial charge in [0, 0.05) is 13.0 Å². The molecule has 0 saturated heterocycles. The zero-order valence-electron chi connectivity index (χ0n) is 25.1. The highest BCUT2D eigenvalue weighted by atomic mass is 16.6. The van der Waals surface area contributed by atoms with Crippen LogP contribution in [0.15, 0.2) is 60.7 Å². The standard InChI is InChI=1S/C31H42N4O8/c1-5-41-25(36)20-34-26(37)24(17-12-18-33-29(40)43-30(2,3)4)35-27(38)31(32,19-22-13-8-6-9-14-22)28(39)42-21-23-15-10-7-11-16-23/h6-11,13-16,24H,5,12,17-21,32H2,1-4H3,(H,33,40)(H,34,37)(H,35,38)/t24-,31-/m0/s1. The van der Waals surface area contributed by atoms with Crippen molar-refractivity contribution >= 4 is 29.8 Å². The van der Waals surface area contributed by atoms with Crippen molar-refractivity contribution in [3.8, 4) is 0 Å². The first-order valence-electron chi connectivity index (χ1n) is 14.1. The number of esters is 2. The minimum atomic E-state index is -2.19. The van der Waals surface area contributed by atoms with E-state index in [9.17, 15) is 24.0 Å². The summed E-state index contributed by atoms with van der Waals surface area (Å²) in [7, 11) is 0. The molecular weight excluding hydrogens is 556 g/mol. The van der Waals surface area contributed by atoms with Crippen molar-refractivity contribution in [2.24, 2.45) is 5.73 Å². The normalized spacial score (nSPS) is 13.0. The number of ether oxygens (including phenoxy) is 3. The second-order valence-corrected chi connectivity index (χ2v) is 10.8. The number of carbonyl (C=O) groups is 5. The van der Waals surface area contributed by atoms with Crippen molar-refractivity contribution in [3.05, 3.63) is 71.8 Å². The molecule has 0 unspecified atom stereocenters. The molecule has 0 spiro atoms. The van der Waals surface area contributed by atoms with Gasteiger partial charge in [-0.25, -0.2) is 9.59 Å². The molecule has 0 aliphatic carbocycles. The highest BCUT2D eigenvalue weighted by Crippen LogP contribution is 2.16. The van der Waals surface area contributed by atoms with Gasteiger partial charge < -0.3 is 35.9 Å². The average Bonchev–Trinajstić information content (AvgIpc) is 2.96. The summed E-state index contributed by atoms with van der Waals surface area (Å²) in [5, 5.41) is 7.59. The molecule has 0 bridgehead atoms. The van der Waals surface area contributed by atoms with Crippen molar-refractivity contribution in [2.45, 2.75) is 70.7 Å². The summed E-state index contributed by atoms with van der Waals surface area (Å²) in [5.41, 5.74) is 4.90. The zero-order valence-corrected chi connectivity index (χ0v) is 25.1. The maximum Gasteiger partial charge on any atom is 0.407 e. The van der Waals surface area contributed by atoms with Gasteiger partial charge in [-0.05, 0) is 51.7 Å². The third-order valence-corrected chi connectivity index (χ3v) is 5.98. The van der Waals surface area contributed by atoms with Gasteiger partial charge in [0.15, 0.2) is 5.54 Å². The third-order valence-electron chi connectivity index (χ3n) is 5.98. The number of nitrogens with two attached hydrogens (primary N) is 1. The topological polar surface area (TPSA) is 175 Å². The predicted octanol–water partition coefficient (Wildman–Crippen LogP) is 2.14. The average molecular weight is 599 g/mol. The van der Waals surface area contributed by atoms with Crippen LogP contribution in [-0.4, -0.2) is 66.7 Å². The minimum absolute atomic E-state index is 0.0384. The second-order valence-electron chi connectivity index (χ2n) is 10.8. The Kier molecular flexibility index (Phi) is 13.6. The lowest BCUT2D eigenvalue weighted by atomic mass is 9.90. The molecule has 0 aliphatic rings. The van der Waals surface area contributed by atoms with E-state index in [1.807, 2.05) is 6.07 Å². The van der Waals surface area contributed by atoms with E-state index in [4.69, 9.17) is 19.9 Å². The molecule has 0 aromatic heterocycles. The summed E-state index contributed by atoms with van der Waals surface area (Å²) in [4.78, 5) is 63.9. The molecule has 234 valence electrons. The summed E-state index contributed by atoms with van der Waals surface area (Å²) in [6.45, 7) is 6.54. The monoisotopic (exact) mass is 598 g/mol. The number of nitrogens with one attached hydrogen (secondary N) is 3. The Morgan fingerprint density at radius 3 is 2.05 bits per heavy atom. The summed E-state index contributed by atoms with van der Waals surface area (Å²) in [6, 6.07) is 16.4. The minimum Gasteiger partial charge on any atom is -0.465 e. The number of benzene rings is 2. The van der Waals surface area contributed by atoms with Gasteiger partial charge in [-0.15, -0.1) is 0 Å². The summed E-state index contributed by atoms with van der Waals surface area (Å²) >= 11 is 0. The number of rotatable bonds is 15. The summed E-state index contributed by atoms with van der Waals surface area (Å²) in [5.74, 6) is -3.27. The number of hydrogen-bond acceptors (Lipinski definition) is 9. The Bertz CT molecular complexity index is 1220. The van der Waals surface area contributed by atoms with Crippen LogP contribution in [0.3, 0.4) is 0 Å². The van der Waals surface area contributed by atoms with Gasteiger partial charge in [0.25, 0.3) is 5.91 Å². The van der Waals surface area contributed by atoms with Crippen LogP contribution in [0.5, 0.6) is 0 Å². The van der Waals surface area contributed by atoms with Crippen molar-refractivity contribution in [1.29, 1.82) is 0 Å². The van der Waals surface area contributed by atoms with Crippen molar-refractivity contribution in [1.82, 2.24) is 16.0 Å². The predicted molar refractivity (Wildman–Crippen MR) is 158 cm³/mol. The Morgan fingerprint density at radius 1 is 0.860 bits per heavy atom. The first-order chi connectivity index (χ1) is 20.3. The van der Waals surface area contributed by atoms with E-state index in [1.54, 1.807) is 82.3 Å². The molecule has 12 nitrogen and oxygen atoms in total. The molecule has 0 heterocycles. The van der Waals surface area contributed by atoms with E-state index < -0.39 is 53.6 Å². The zero-order chi connectivity index (χ0) is 31.9. The Labute approximate surface area is 252 Å². The molecule has 2 rings (SSSR count). The van der Waals surface area contributed by atoms with E-state index >= 15 is 0 Å². The van der Waals surface area contributed by atoms with Gasteiger partial charge in [0.1, 0.15) is 24.8 Å². The fraction of sp³-hybridized carbons (Fsp3) is 0.452. The first kappa shape index (κ1) is 34.7. The maximum absolute atomic E-state index is 13.7. The van der Waals surface area contributed by atoms with E-state index in [1.165, 1.54) is 0 Å². The van der Waals surface area contributed by atoms with Crippen molar-refractivity contribution in [2.75, 3.05) is 19.7 Å². The van der Waals surface area contributed by atoms with E-state index in [-0.39, 0.29) is 39.0 Å². The van der Waals surface area contributed by atoms with Crippen LogP contribution in [0, 0.1) is 0 Å². The lowest BCUT2D eigenvalue weighted by molar-refractivity contribution is -0.156. The smallest absolute Gasteiger partial charge is 0.407 e. The van der Waals surface area contributed by atoms with Crippen LogP contribution in [-0.2, 0) is 46.4 Å². The Hall–Kier alpha value is -4.45. The van der Waals surface area contributed by atoms with E-state index in [2.05, 4.69) is 16.0 Å². The van der Waals surface area contributed by atoms with Gasteiger partial charge in [-0.3, -0.25) is 14.4 Å². The fourth-order valence-corrected chi connectivity index (χ4v) is 3.88. The van der Waals surface area contributed by atoms with Crippen LogP contribution in [0.2, 0.25) is 0 Å². The molecule has 0 fully saturated rings. The molecular formula is C31H42N4O8. The van der Waals surface area contributed by atoms with E-state index in [0.717, 1.165) is 0 Å². The van der Waals surface area contributed by atoms with Crippen LogP contribution < -0.4 is 21.7 Å². The van der Waals surface area contributed by atoms with Crippen molar-refractivity contribution < 1.29 is 38.2 Å². The number of alkyl carbamates (subject to hydrolysis) is 1. The lowest BCUT2D eigenvalue weighted by Crippen LogP contribution is -2.64. The molecule has 2 aromatic rings. The fourth-order valence-electron chi connectivity index (χ4n) is 3.88. The highest BCUT2D eigenvalue weighted by Gasteiger charge is 2.45.